The highest BCUT2D eigenvalue weighted by Crippen LogP contribution is 2.36. The number of phenols is 1. The van der Waals surface area contributed by atoms with Gasteiger partial charge in [-0.1, -0.05) is 35.6 Å². The number of aromatic nitrogens is 1. The molecule has 4 aromatic rings. The molecular weight excluding hydrogens is 580 g/mol. The van der Waals surface area contributed by atoms with Crippen LogP contribution in [0.5, 0.6) is 17.2 Å². The van der Waals surface area contributed by atoms with E-state index in [0.29, 0.717) is 62.2 Å². The van der Waals surface area contributed by atoms with Crippen molar-refractivity contribution in [3.05, 3.63) is 109 Å². The molecule has 11 heteroatoms. The molecule has 5 rings (SSSR count). The van der Waals surface area contributed by atoms with Crippen molar-refractivity contribution in [1.29, 1.82) is 0 Å². The van der Waals surface area contributed by atoms with Crippen LogP contribution in [0.3, 0.4) is 0 Å². The molecule has 0 unspecified atom stereocenters. The Bertz CT molecular complexity index is 1930. The molecule has 226 valence electrons. The van der Waals surface area contributed by atoms with Crippen LogP contribution in [0.4, 0.5) is 11.4 Å². The molecule has 0 saturated heterocycles. The van der Waals surface area contributed by atoms with E-state index in [2.05, 4.69) is 15.2 Å². The van der Waals surface area contributed by atoms with E-state index in [9.17, 15) is 14.7 Å². The van der Waals surface area contributed by atoms with Gasteiger partial charge >= 0.3 is 5.97 Å². The molecule has 1 aromatic heterocycles. The quantitative estimate of drug-likeness (QED) is 0.181. The fourth-order valence-corrected chi connectivity index (χ4v) is 5.85. The highest BCUT2D eigenvalue weighted by atomic mass is 32.1. The molecule has 1 N–H and O–H groups in total. The van der Waals surface area contributed by atoms with Gasteiger partial charge in [0, 0.05) is 11.6 Å². The number of rotatable bonds is 10. The van der Waals surface area contributed by atoms with Crippen LogP contribution in [0, 0.1) is 0 Å². The van der Waals surface area contributed by atoms with E-state index in [1.165, 1.54) is 22.0 Å². The molecule has 1 aliphatic heterocycles. The molecule has 0 radical (unpaired) electrons. The topological polar surface area (TPSA) is 124 Å². The van der Waals surface area contributed by atoms with E-state index in [1.54, 1.807) is 44.2 Å². The highest BCUT2D eigenvalue weighted by molar-refractivity contribution is 7.07. The molecule has 0 amide bonds. The maximum absolute atomic E-state index is 14.0. The third-order valence-electron chi connectivity index (χ3n) is 6.74. The Hall–Kier alpha value is -5.03. The van der Waals surface area contributed by atoms with Crippen molar-refractivity contribution in [2.24, 2.45) is 15.2 Å². The van der Waals surface area contributed by atoms with Crippen LogP contribution in [0.1, 0.15) is 44.9 Å². The number of hydrogen-bond acceptors (Lipinski definition) is 10. The number of nitrogens with zero attached hydrogens (tertiary/aromatic N) is 4. The number of esters is 1. The number of carbonyl (C=O) groups excluding carboxylic acids is 1. The zero-order chi connectivity index (χ0) is 31.2. The first-order chi connectivity index (χ1) is 21.3. The summed E-state index contributed by atoms with van der Waals surface area (Å²) in [6.07, 6.45) is 1.60. The van der Waals surface area contributed by atoms with Crippen molar-refractivity contribution >= 4 is 34.8 Å². The Kier molecular flexibility index (Phi) is 9.35. The van der Waals surface area contributed by atoms with Gasteiger partial charge in [0.05, 0.1) is 53.0 Å². The lowest BCUT2D eigenvalue weighted by atomic mass is 9.95. The summed E-state index contributed by atoms with van der Waals surface area (Å²) < 4.78 is 18.8. The molecule has 10 nitrogen and oxygen atoms in total. The van der Waals surface area contributed by atoms with Crippen LogP contribution >= 0.6 is 11.3 Å². The average Bonchev–Trinajstić information content (AvgIpc) is 3.32. The standard InChI is InChI=1S/C33H32N4O6S/c1-5-41-26-16-14-22(17-27(26)42-6-2)30-29(32(40)43-7-3)20(4)34-33-37(30)31(39)28(44-33)18-21-13-15-24(19-25(21)38)36-35-23-11-9-8-10-12-23/h8-19,30,38H,5-7H2,1-4H3/b28-18-,36-35?/t30-/m0/s1. The third kappa shape index (κ3) is 6.32. The minimum Gasteiger partial charge on any atom is -0.507 e. The monoisotopic (exact) mass is 612 g/mol. The van der Waals surface area contributed by atoms with Crippen LogP contribution < -0.4 is 24.4 Å². The number of thiazole rings is 1. The number of hydrogen-bond donors (Lipinski definition) is 1. The van der Waals surface area contributed by atoms with Gasteiger partial charge in [0.1, 0.15) is 5.75 Å². The largest absolute Gasteiger partial charge is 0.507 e. The van der Waals surface area contributed by atoms with Gasteiger partial charge in [-0.2, -0.15) is 10.2 Å². The first-order valence-electron chi connectivity index (χ1n) is 14.2. The SMILES string of the molecule is CCOC(=O)C1=C(C)N=c2s/c(=C\c3ccc(N=Nc4ccccc4)cc3O)c(=O)n2[C@H]1c1ccc(OCC)c(OCC)c1. The lowest BCUT2D eigenvalue weighted by Crippen LogP contribution is -2.40. The molecule has 0 saturated carbocycles. The minimum atomic E-state index is -0.822. The summed E-state index contributed by atoms with van der Waals surface area (Å²) in [6, 6.07) is 18.7. The minimum absolute atomic E-state index is 0.0619. The number of allylic oxidation sites excluding steroid dienone is 1. The molecule has 0 spiro atoms. The molecule has 0 fully saturated rings. The predicted molar refractivity (Wildman–Crippen MR) is 168 cm³/mol. The molecule has 0 aliphatic carbocycles. The summed E-state index contributed by atoms with van der Waals surface area (Å²) in [6.45, 7) is 8.22. The molecule has 2 heterocycles. The Balaban J connectivity index is 1.60. The van der Waals surface area contributed by atoms with Crippen molar-refractivity contribution < 1.29 is 24.1 Å². The fraction of sp³-hybridized carbons (Fsp3) is 0.242. The summed E-state index contributed by atoms with van der Waals surface area (Å²) in [5.41, 5.74) is 2.54. The van der Waals surface area contributed by atoms with Gasteiger partial charge in [-0.3, -0.25) is 9.36 Å². The number of aromatic hydroxyl groups is 1. The predicted octanol–water partition coefficient (Wildman–Crippen LogP) is 5.72. The Morgan fingerprint density at radius 3 is 2.39 bits per heavy atom. The maximum Gasteiger partial charge on any atom is 0.338 e. The van der Waals surface area contributed by atoms with E-state index >= 15 is 0 Å². The lowest BCUT2D eigenvalue weighted by Gasteiger charge is -2.25. The summed E-state index contributed by atoms with van der Waals surface area (Å²) >= 11 is 1.17. The Morgan fingerprint density at radius 1 is 0.955 bits per heavy atom. The van der Waals surface area contributed by atoms with Gasteiger partial charge < -0.3 is 19.3 Å². The van der Waals surface area contributed by atoms with Crippen LogP contribution in [-0.4, -0.2) is 35.5 Å². The normalized spacial score (nSPS) is 14.8. The fourth-order valence-electron chi connectivity index (χ4n) is 4.81. The second kappa shape index (κ2) is 13.5. The number of benzene rings is 3. The van der Waals surface area contributed by atoms with Crippen molar-refractivity contribution in [3.8, 4) is 17.2 Å². The van der Waals surface area contributed by atoms with Gasteiger partial charge in [-0.05, 0) is 75.7 Å². The summed E-state index contributed by atoms with van der Waals surface area (Å²) in [5, 5.41) is 19.2. The van der Waals surface area contributed by atoms with Crippen LogP contribution in [0.25, 0.3) is 6.08 Å². The molecule has 0 bridgehead atoms. The summed E-state index contributed by atoms with van der Waals surface area (Å²) in [5.74, 6) is 0.443. The highest BCUT2D eigenvalue weighted by Gasteiger charge is 2.34. The smallest absolute Gasteiger partial charge is 0.338 e. The number of fused-ring (bicyclic) bond motifs is 1. The first-order valence-corrected chi connectivity index (χ1v) is 15.0. The number of carbonyl (C=O) groups is 1. The molecule has 1 aliphatic rings. The van der Waals surface area contributed by atoms with Crippen LogP contribution in [0.2, 0.25) is 0 Å². The van der Waals surface area contributed by atoms with E-state index in [4.69, 9.17) is 14.2 Å². The van der Waals surface area contributed by atoms with E-state index in [0.717, 1.165) is 0 Å². The van der Waals surface area contributed by atoms with Crippen molar-refractivity contribution in [2.75, 3.05) is 19.8 Å². The average molecular weight is 613 g/mol. The number of ether oxygens (including phenoxy) is 3. The molecule has 3 aromatic carbocycles. The first kappa shape index (κ1) is 30.4. The number of phenolic OH excluding ortho intramolecular Hbond substituents is 1. The van der Waals surface area contributed by atoms with E-state index < -0.39 is 12.0 Å². The van der Waals surface area contributed by atoms with Crippen molar-refractivity contribution in [1.82, 2.24) is 4.57 Å². The van der Waals surface area contributed by atoms with Gasteiger partial charge in [0.2, 0.25) is 0 Å². The summed E-state index contributed by atoms with van der Waals surface area (Å²) in [7, 11) is 0. The van der Waals surface area contributed by atoms with Gasteiger partial charge in [-0.15, -0.1) is 0 Å². The molecule has 1 atom stereocenters. The van der Waals surface area contributed by atoms with Gasteiger partial charge in [0.15, 0.2) is 16.3 Å². The Morgan fingerprint density at radius 2 is 1.68 bits per heavy atom. The van der Waals surface area contributed by atoms with Crippen molar-refractivity contribution in [2.45, 2.75) is 33.7 Å². The van der Waals surface area contributed by atoms with Gasteiger partial charge in [0.25, 0.3) is 5.56 Å². The van der Waals surface area contributed by atoms with Crippen LogP contribution in [-0.2, 0) is 9.53 Å². The third-order valence-corrected chi connectivity index (χ3v) is 7.72. The molecule has 44 heavy (non-hydrogen) atoms. The van der Waals surface area contributed by atoms with E-state index in [1.807, 2.05) is 50.2 Å². The number of azo groups is 1. The van der Waals surface area contributed by atoms with Crippen molar-refractivity contribution in [3.63, 3.8) is 0 Å². The van der Waals surface area contributed by atoms with Gasteiger partial charge in [-0.25, -0.2) is 9.79 Å². The zero-order valence-corrected chi connectivity index (χ0v) is 25.6. The van der Waals surface area contributed by atoms with E-state index in [-0.39, 0.29) is 23.5 Å². The second-order valence-electron chi connectivity index (χ2n) is 9.65. The second-order valence-corrected chi connectivity index (χ2v) is 10.7. The molecular formula is C33H32N4O6S. The lowest BCUT2D eigenvalue weighted by molar-refractivity contribution is -0.139. The zero-order valence-electron chi connectivity index (χ0n) is 24.8. The van der Waals surface area contributed by atoms with Crippen LogP contribution in [0.15, 0.2) is 98.0 Å². The maximum atomic E-state index is 14.0. The summed E-state index contributed by atoms with van der Waals surface area (Å²) in [4.78, 5) is 32.3. The Labute approximate surface area is 257 Å².